The third-order valence-electron chi connectivity index (χ3n) is 4.59. The molecular formula is C18H29ClN2O3. The van der Waals surface area contributed by atoms with Crippen LogP contribution in [0.2, 0.25) is 0 Å². The highest BCUT2D eigenvalue weighted by molar-refractivity contribution is 5.85. The Morgan fingerprint density at radius 1 is 1.25 bits per heavy atom. The molecule has 2 rings (SSSR count). The van der Waals surface area contributed by atoms with Crippen molar-refractivity contribution in [1.82, 2.24) is 10.6 Å². The maximum absolute atomic E-state index is 12.2. The molecular weight excluding hydrogens is 328 g/mol. The molecule has 136 valence electrons. The van der Waals surface area contributed by atoms with Crippen LogP contribution in [0.25, 0.3) is 0 Å². The fourth-order valence-electron chi connectivity index (χ4n) is 3.17. The van der Waals surface area contributed by atoms with E-state index in [1.807, 2.05) is 24.3 Å². The highest BCUT2D eigenvalue weighted by atomic mass is 35.5. The van der Waals surface area contributed by atoms with Gasteiger partial charge in [0.2, 0.25) is 5.91 Å². The predicted octanol–water partition coefficient (Wildman–Crippen LogP) is 2.18. The summed E-state index contributed by atoms with van der Waals surface area (Å²) in [6.07, 6.45) is 3.23. The first-order valence-electron chi connectivity index (χ1n) is 8.27. The molecule has 1 aliphatic heterocycles. The van der Waals surface area contributed by atoms with Crippen molar-refractivity contribution in [3.05, 3.63) is 29.8 Å². The second kappa shape index (κ2) is 10.5. The maximum Gasteiger partial charge on any atom is 0.220 e. The molecule has 0 bridgehead atoms. The first kappa shape index (κ1) is 20.7. The molecule has 1 aliphatic rings. The Labute approximate surface area is 150 Å². The van der Waals surface area contributed by atoms with E-state index in [-0.39, 0.29) is 23.7 Å². The number of amides is 1. The van der Waals surface area contributed by atoms with Crippen LogP contribution in [0.5, 0.6) is 5.75 Å². The van der Waals surface area contributed by atoms with E-state index in [4.69, 9.17) is 9.47 Å². The SMILES string of the molecule is COCC1(CNC(=O)CCc2ccccc2OC)CCNCC1.Cl. The van der Waals surface area contributed by atoms with Crippen molar-refractivity contribution in [3.63, 3.8) is 0 Å². The van der Waals surface area contributed by atoms with Crippen LogP contribution >= 0.6 is 12.4 Å². The Kier molecular flexibility index (Phi) is 9.11. The van der Waals surface area contributed by atoms with Crippen molar-refractivity contribution >= 4 is 18.3 Å². The number of benzene rings is 1. The van der Waals surface area contributed by atoms with Gasteiger partial charge in [0.25, 0.3) is 0 Å². The lowest BCUT2D eigenvalue weighted by atomic mass is 9.79. The van der Waals surface area contributed by atoms with Crippen LogP contribution in [0, 0.1) is 5.41 Å². The van der Waals surface area contributed by atoms with Crippen LogP contribution < -0.4 is 15.4 Å². The molecule has 0 spiro atoms. The van der Waals surface area contributed by atoms with E-state index in [1.165, 1.54) is 0 Å². The first-order valence-corrected chi connectivity index (χ1v) is 8.27. The predicted molar refractivity (Wildman–Crippen MR) is 98.0 cm³/mol. The Hall–Kier alpha value is -1.30. The van der Waals surface area contributed by atoms with Crippen molar-refractivity contribution in [1.29, 1.82) is 0 Å². The van der Waals surface area contributed by atoms with Gasteiger partial charge >= 0.3 is 0 Å². The zero-order valence-electron chi connectivity index (χ0n) is 14.6. The highest BCUT2D eigenvalue weighted by Gasteiger charge is 2.32. The van der Waals surface area contributed by atoms with Gasteiger partial charge in [-0.1, -0.05) is 18.2 Å². The van der Waals surface area contributed by atoms with E-state index in [9.17, 15) is 4.79 Å². The standard InChI is InChI=1S/C18H28N2O3.ClH/c1-22-14-18(9-11-19-12-10-18)13-20-17(21)8-7-15-5-3-4-6-16(15)23-2;/h3-6,19H,7-14H2,1-2H3,(H,20,21);1H. The number of piperidine rings is 1. The molecule has 6 heteroatoms. The molecule has 24 heavy (non-hydrogen) atoms. The van der Waals surface area contributed by atoms with Crippen LogP contribution in [0.1, 0.15) is 24.8 Å². The quantitative estimate of drug-likeness (QED) is 0.749. The number of carbonyl (C=O) groups excluding carboxylic acids is 1. The second-order valence-electron chi connectivity index (χ2n) is 6.27. The second-order valence-corrected chi connectivity index (χ2v) is 6.27. The number of rotatable bonds is 8. The van der Waals surface area contributed by atoms with Crippen LogP contribution in [-0.4, -0.2) is 46.4 Å². The number of ether oxygens (including phenoxy) is 2. The van der Waals surface area contributed by atoms with Gasteiger partial charge in [-0.05, 0) is 44.0 Å². The number of para-hydroxylation sites is 1. The molecule has 0 saturated carbocycles. The molecule has 2 N–H and O–H groups in total. The van der Waals surface area contributed by atoms with Gasteiger partial charge in [-0.3, -0.25) is 4.79 Å². The fraction of sp³-hybridized carbons (Fsp3) is 0.611. The third kappa shape index (κ3) is 5.96. The normalized spacial score (nSPS) is 16.1. The van der Waals surface area contributed by atoms with Gasteiger partial charge in [0.05, 0.1) is 13.7 Å². The van der Waals surface area contributed by atoms with Gasteiger partial charge in [0.1, 0.15) is 5.75 Å². The Balaban J connectivity index is 0.00000288. The summed E-state index contributed by atoms with van der Waals surface area (Å²) in [5, 5.41) is 6.46. The zero-order valence-corrected chi connectivity index (χ0v) is 15.4. The van der Waals surface area contributed by atoms with E-state index in [0.29, 0.717) is 26.0 Å². The molecule has 1 heterocycles. The fourth-order valence-corrected chi connectivity index (χ4v) is 3.17. The molecule has 1 aromatic rings. The molecule has 0 atom stereocenters. The highest BCUT2D eigenvalue weighted by Crippen LogP contribution is 2.28. The number of nitrogens with one attached hydrogen (secondary N) is 2. The van der Waals surface area contributed by atoms with Crippen LogP contribution in [0.3, 0.4) is 0 Å². The molecule has 0 radical (unpaired) electrons. The molecule has 5 nitrogen and oxygen atoms in total. The minimum absolute atomic E-state index is 0. The largest absolute Gasteiger partial charge is 0.496 e. The number of hydrogen-bond donors (Lipinski definition) is 2. The summed E-state index contributed by atoms with van der Waals surface area (Å²) in [4.78, 5) is 12.2. The Bertz CT molecular complexity index is 499. The van der Waals surface area contributed by atoms with E-state index < -0.39 is 0 Å². The lowest BCUT2D eigenvalue weighted by Gasteiger charge is -2.37. The van der Waals surface area contributed by atoms with Crippen LogP contribution in [-0.2, 0) is 16.0 Å². The lowest BCUT2D eigenvalue weighted by molar-refractivity contribution is -0.122. The van der Waals surface area contributed by atoms with Crippen LogP contribution in [0.15, 0.2) is 24.3 Å². The van der Waals surface area contributed by atoms with Gasteiger partial charge in [-0.15, -0.1) is 12.4 Å². The van der Waals surface area contributed by atoms with Gasteiger partial charge in [0, 0.05) is 25.5 Å². The topological polar surface area (TPSA) is 59.6 Å². The average molecular weight is 357 g/mol. The Morgan fingerprint density at radius 2 is 1.96 bits per heavy atom. The van der Waals surface area contributed by atoms with Crippen molar-refractivity contribution < 1.29 is 14.3 Å². The number of halogens is 1. The summed E-state index contributed by atoms with van der Waals surface area (Å²) < 4.78 is 10.7. The smallest absolute Gasteiger partial charge is 0.220 e. The summed E-state index contributed by atoms with van der Waals surface area (Å²) in [6, 6.07) is 7.84. The van der Waals surface area contributed by atoms with Gasteiger partial charge < -0.3 is 20.1 Å². The van der Waals surface area contributed by atoms with Crippen molar-refractivity contribution in [2.75, 3.05) is 40.5 Å². The first-order chi connectivity index (χ1) is 11.2. The zero-order chi connectivity index (χ0) is 16.5. The molecule has 1 aromatic carbocycles. The maximum atomic E-state index is 12.2. The van der Waals surface area contributed by atoms with Gasteiger partial charge in [-0.25, -0.2) is 0 Å². The molecule has 0 aliphatic carbocycles. The van der Waals surface area contributed by atoms with Crippen molar-refractivity contribution in [2.24, 2.45) is 5.41 Å². The molecule has 1 amide bonds. The lowest BCUT2D eigenvalue weighted by Crippen LogP contribution is -2.47. The summed E-state index contributed by atoms with van der Waals surface area (Å²) in [5.74, 6) is 0.930. The summed E-state index contributed by atoms with van der Waals surface area (Å²) >= 11 is 0. The summed E-state index contributed by atoms with van der Waals surface area (Å²) in [6.45, 7) is 3.36. The van der Waals surface area contributed by atoms with E-state index in [1.54, 1.807) is 14.2 Å². The molecule has 1 fully saturated rings. The van der Waals surface area contributed by atoms with Gasteiger partial charge in [-0.2, -0.15) is 0 Å². The van der Waals surface area contributed by atoms with Gasteiger partial charge in [0.15, 0.2) is 0 Å². The summed E-state index contributed by atoms with van der Waals surface area (Å²) in [5.41, 5.74) is 1.14. The van der Waals surface area contributed by atoms with Crippen LogP contribution in [0.4, 0.5) is 0 Å². The van der Waals surface area contributed by atoms with Crippen molar-refractivity contribution in [2.45, 2.75) is 25.7 Å². The number of aryl methyl sites for hydroxylation is 1. The van der Waals surface area contributed by atoms with E-state index in [2.05, 4.69) is 10.6 Å². The number of carbonyl (C=O) groups is 1. The minimum Gasteiger partial charge on any atom is -0.496 e. The number of hydrogen-bond acceptors (Lipinski definition) is 4. The molecule has 0 unspecified atom stereocenters. The van der Waals surface area contributed by atoms with Crippen molar-refractivity contribution in [3.8, 4) is 5.75 Å². The average Bonchev–Trinajstić information content (AvgIpc) is 2.59. The Morgan fingerprint density at radius 3 is 2.62 bits per heavy atom. The van der Waals surface area contributed by atoms with E-state index in [0.717, 1.165) is 37.2 Å². The molecule has 0 aromatic heterocycles. The molecule has 1 saturated heterocycles. The monoisotopic (exact) mass is 356 g/mol. The number of methoxy groups -OCH3 is 2. The third-order valence-corrected chi connectivity index (χ3v) is 4.59. The minimum atomic E-state index is 0. The summed E-state index contributed by atoms with van der Waals surface area (Å²) in [7, 11) is 3.39. The van der Waals surface area contributed by atoms with E-state index >= 15 is 0 Å².